The molecule has 132 valence electrons. The third-order valence-electron chi connectivity index (χ3n) is 5.13. The van der Waals surface area contributed by atoms with Crippen molar-refractivity contribution in [1.29, 1.82) is 0 Å². The number of piperidine rings is 1. The Balaban J connectivity index is 1.49. The monoisotopic (exact) mass is 330 g/mol. The third kappa shape index (κ3) is 4.71. The van der Waals surface area contributed by atoms with Gasteiger partial charge in [0.25, 0.3) is 0 Å². The highest BCUT2D eigenvalue weighted by atomic mass is 16.2. The maximum atomic E-state index is 12.2. The van der Waals surface area contributed by atoms with Crippen LogP contribution in [0.25, 0.3) is 0 Å². The summed E-state index contributed by atoms with van der Waals surface area (Å²) in [5.41, 5.74) is 2.13. The van der Waals surface area contributed by atoms with Crippen LogP contribution in [0.3, 0.4) is 0 Å². The van der Waals surface area contributed by atoms with Gasteiger partial charge in [-0.2, -0.15) is 0 Å². The van der Waals surface area contributed by atoms with Crippen LogP contribution in [0, 0.1) is 5.92 Å². The molecule has 1 amide bonds. The van der Waals surface area contributed by atoms with Gasteiger partial charge in [0, 0.05) is 44.1 Å². The Morgan fingerprint density at radius 2 is 1.83 bits per heavy atom. The molecule has 1 aromatic rings. The van der Waals surface area contributed by atoms with Gasteiger partial charge in [-0.25, -0.2) is 0 Å². The van der Waals surface area contributed by atoms with E-state index in [9.17, 15) is 4.79 Å². The summed E-state index contributed by atoms with van der Waals surface area (Å²) in [6.07, 6.45) is 2.49. The van der Waals surface area contributed by atoms with Crippen LogP contribution in [0.2, 0.25) is 0 Å². The SMILES string of the molecule is CC1CCCN(CC(=O)Nc2ccc(N3CCN(C)CC3)cc2)C1. The average Bonchev–Trinajstić information content (AvgIpc) is 2.56. The van der Waals surface area contributed by atoms with Gasteiger partial charge < -0.3 is 15.1 Å². The molecule has 1 unspecified atom stereocenters. The van der Waals surface area contributed by atoms with Crippen molar-refractivity contribution >= 4 is 17.3 Å². The van der Waals surface area contributed by atoms with Crippen molar-refractivity contribution in [3.63, 3.8) is 0 Å². The van der Waals surface area contributed by atoms with Crippen molar-refractivity contribution in [2.75, 3.05) is 63.1 Å². The number of anilines is 2. The molecule has 5 heteroatoms. The van der Waals surface area contributed by atoms with E-state index >= 15 is 0 Å². The fourth-order valence-corrected chi connectivity index (χ4v) is 3.65. The second kappa shape index (κ2) is 7.99. The molecule has 1 atom stereocenters. The molecule has 2 fully saturated rings. The summed E-state index contributed by atoms with van der Waals surface area (Å²) in [4.78, 5) is 19.3. The summed E-state index contributed by atoms with van der Waals surface area (Å²) in [5.74, 6) is 0.797. The molecule has 0 saturated carbocycles. The predicted octanol–water partition coefficient (Wildman–Crippen LogP) is 2.11. The van der Waals surface area contributed by atoms with Crippen molar-refractivity contribution < 1.29 is 4.79 Å². The van der Waals surface area contributed by atoms with Crippen molar-refractivity contribution in [2.24, 2.45) is 5.92 Å². The van der Waals surface area contributed by atoms with E-state index in [1.54, 1.807) is 0 Å². The van der Waals surface area contributed by atoms with E-state index in [0.29, 0.717) is 12.5 Å². The summed E-state index contributed by atoms with van der Waals surface area (Å²) in [6, 6.07) is 8.27. The number of carbonyl (C=O) groups excluding carboxylic acids is 1. The van der Waals surface area contributed by atoms with Crippen LogP contribution in [0.1, 0.15) is 19.8 Å². The summed E-state index contributed by atoms with van der Waals surface area (Å²) in [5, 5.41) is 3.03. The lowest BCUT2D eigenvalue weighted by Crippen LogP contribution is -2.44. The maximum absolute atomic E-state index is 12.2. The molecule has 0 radical (unpaired) electrons. The molecule has 2 heterocycles. The number of hydrogen-bond donors (Lipinski definition) is 1. The fourth-order valence-electron chi connectivity index (χ4n) is 3.65. The first kappa shape index (κ1) is 17.2. The normalized spacial score (nSPS) is 23.2. The van der Waals surface area contributed by atoms with E-state index in [0.717, 1.165) is 45.0 Å². The molecule has 1 aromatic carbocycles. The predicted molar refractivity (Wildman–Crippen MR) is 99.6 cm³/mol. The number of nitrogens with one attached hydrogen (secondary N) is 1. The Bertz CT molecular complexity index is 537. The lowest BCUT2D eigenvalue weighted by atomic mass is 10.0. The minimum absolute atomic E-state index is 0.0939. The van der Waals surface area contributed by atoms with Gasteiger partial charge in [0.15, 0.2) is 0 Å². The van der Waals surface area contributed by atoms with Crippen LogP contribution in [-0.4, -0.2) is 68.6 Å². The standard InChI is InChI=1S/C19H30N4O/c1-16-4-3-9-22(14-16)15-19(24)20-17-5-7-18(8-6-17)23-12-10-21(2)11-13-23/h5-8,16H,3-4,9-15H2,1-2H3,(H,20,24). The minimum atomic E-state index is 0.0939. The number of likely N-dealkylation sites (tertiary alicyclic amines) is 1. The van der Waals surface area contributed by atoms with E-state index < -0.39 is 0 Å². The minimum Gasteiger partial charge on any atom is -0.369 e. The average molecular weight is 330 g/mol. The van der Waals surface area contributed by atoms with Crippen molar-refractivity contribution in [1.82, 2.24) is 9.80 Å². The Hall–Kier alpha value is -1.59. The zero-order valence-corrected chi connectivity index (χ0v) is 15.0. The van der Waals surface area contributed by atoms with Crippen LogP contribution in [0.15, 0.2) is 24.3 Å². The number of nitrogens with zero attached hydrogens (tertiary/aromatic N) is 3. The highest BCUT2D eigenvalue weighted by Gasteiger charge is 2.18. The van der Waals surface area contributed by atoms with E-state index in [1.165, 1.54) is 18.5 Å². The topological polar surface area (TPSA) is 38.8 Å². The highest BCUT2D eigenvalue weighted by molar-refractivity contribution is 5.92. The van der Waals surface area contributed by atoms with Gasteiger partial charge >= 0.3 is 0 Å². The van der Waals surface area contributed by atoms with E-state index in [-0.39, 0.29) is 5.91 Å². The van der Waals surface area contributed by atoms with Crippen LogP contribution in [0.4, 0.5) is 11.4 Å². The number of amides is 1. The summed E-state index contributed by atoms with van der Waals surface area (Å²) < 4.78 is 0. The zero-order chi connectivity index (χ0) is 16.9. The Morgan fingerprint density at radius 3 is 2.50 bits per heavy atom. The second-order valence-electron chi connectivity index (χ2n) is 7.37. The van der Waals surface area contributed by atoms with Gasteiger partial charge in [-0.3, -0.25) is 9.69 Å². The molecule has 3 rings (SSSR count). The lowest BCUT2D eigenvalue weighted by Gasteiger charge is -2.34. The first-order chi connectivity index (χ1) is 11.6. The molecule has 0 aliphatic carbocycles. The molecule has 5 nitrogen and oxygen atoms in total. The smallest absolute Gasteiger partial charge is 0.238 e. The van der Waals surface area contributed by atoms with Crippen LogP contribution in [-0.2, 0) is 4.79 Å². The Kier molecular flexibility index (Phi) is 5.74. The van der Waals surface area contributed by atoms with E-state index in [2.05, 4.69) is 46.1 Å². The molecule has 0 aromatic heterocycles. The first-order valence-corrected chi connectivity index (χ1v) is 9.16. The molecule has 2 saturated heterocycles. The largest absolute Gasteiger partial charge is 0.369 e. The highest BCUT2D eigenvalue weighted by Crippen LogP contribution is 2.20. The van der Waals surface area contributed by atoms with Crippen molar-refractivity contribution in [2.45, 2.75) is 19.8 Å². The summed E-state index contributed by atoms with van der Waals surface area (Å²) in [7, 11) is 2.17. The van der Waals surface area contributed by atoms with Crippen LogP contribution < -0.4 is 10.2 Å². The van der Waals surface area contributed by atoms with Gasteiger partial charge in [0.2, 0.25) is 5.91 Å². The summed E-state index contributed by atoms with van der Waals surface area (Å²) >= 11 is 0. The summed E-state index contributed by atoms with van der Waals surface area (Å²) in [6.45, 7) is 9.19. The van der Waals surface area contributed by atoms with Gasteiger partial charge in [0.05, 0.1) is 6.54 Å². The molecule has 1 N–H and O–H groups in total. The molecule has 0 bridgehead atoms. The number of benzene rings is 1. The quantitative estimate of drug-likeness (QED) is 0.918. The van der Waals surface area contributed by atoms with E-state index in [1.807, 2.05) is 12.1 Å². The molecule has 2 aliphatic heterocycles. The lowest BCUT2D eigenvalue weighted by molar-refractivity contribution is -0.117. The van der Waals surface area contributed by atoms with Crippen LogP contribution >= 0.6 is 0 Å². The van der Waals surface area contributed by atoms with Gasteiger partial charge in [-0.05, 0) is 56.6 Å². The Morgan fingerprint density at radius 1 is 1.12 bits per heavy atom. The van der Waals surface area contributed by atoms with Crippen LogP contribution in [0.5, 0.6) is 0 Å². The second-order valence-corrected chi connectivity index (χ2v) is 7.37. The number of carbonyl (C=O) groups is 1. The fraction of sp³-hybridized carbons (Fsp3) is 0.632. The van der Waals surface area contributed by atoms with E-state index in [4.69, 9.17) is 0 Å². The number of piperazine rings is 1. The zero-order valence-electron chi connectivity index (χ0n) is 15.0. The number of hydrogen-bond acceptors (Lipinski definition) is 4. The van der Waals surface area contributed by atoms with Gasteiger partial charge in [0.1, 0.15) is 0 Å². The molecular formula is C19H30N4O. The number of likely N-dealkylation sites (N-methyl/N-ethyl adjacent to an activating group) is 1. The maximum Gasteiger partial charge on any atom is 0.238 e. The van der Waals surface area contributed by atoms with Crippen molar-refractivity contribution in [3.05, 3.63) is 24.3 Å². The van der Waals surface area contributed by atoms with Crippen molar-refractivity contribution in [3.8, 4) is 0 Å². The Labute approximate surface area is 145 Å². The molecular weight excluding hydrogens is 300 g/mol. The molecule has 24 heavy (non-hydrogen) atoms. The van der Waals surface area contributed by atoms with Gasteiger partial charge in [-0.1, -0.05) is 6.92 Å². The number of rotatable bonds is 4. The molecule has 0 spiro atoms. The molecule has 2 aliphatic rings. The first-order valence-electron chi connectivity index (χ1n) is 9.16. The van der Waals surface area contributed by atoms with Gasteiger partial charge in [-0.15, -0.1) is 0 Å². The third-order valence-corrected chi connectivity index (χ3v) is 5.13.